The van der Waals surface area contributed by atoms with E-state index in [1.54, 1.807) is 0 Å². The van der Waals surface area contributed by atoms with Crippen molar-refractivity contribution < 1.29 is 0 Å². The Morgan fingerprint density at radius 3 is 2.26 bits per heavy atom. The lowest BCUT2D eigenvalue weighted by Gasteiger charge is -2.19. The summed E-state index contributed by atoms with van der Waals surface area (Å²) in [6.45, 7) is 0.855. The van der Waals surface area contributed by atoms with E-state index in [-0.39, 0.29) is 0 Å². The van der Waals surface area contributed by atoms with Gasteiger partial charge in [0.05, 0.1) is 28.7 Å². The summed E-state index contributed by atoms with van der Waals surface area (Å²) in [6.07, 6.45) is 4.24. The number of hydrogen-bond donors (Lipinski definition) is 0. The number of aryl methyl sites for hydroxylation is 1. The average Bonchev–Trinajstić information content (AvgIpc) is 3.57. The van der Waals surface area contributed by atoms with Gasteiger partial charge in [0.25, 0.3) is 0 Å². The summed E-state index contributed by atoms with van der Waals surface area (Å²) in [5, 5.41) is 2.50. The minimum absolute atomic E-state index is 0.855. The topological polar surface area (TPSA) is 29.2 Å². The third-order valence-corrected chi connectivity index (χ3v) is 7.02. The van der Waals surface area contributed by atoms with Crippen LogP contribution in [0.2, 0.25) is 0 Å². The first-order chi connectivity index (χ1) is 17.2. The Kier molecular flexibility index (Phi) is 4.27. The zero-order chi connectivity index (χ0) is 23.5. The molecule has 7 rings (SSSR count). The third-order valence-electron chi connectivity index (χ3n) is 7.02. The van der Waals surface area contributed by atoms with Gasteiger partial charge in [0.2, 0.25) is 0 Å². The van der Waals surface area contributed by atoms with Crippen molar-refractivity contribution in [2.45, 2.75) is 0 Å². The Labute approximate surface area is 203 Å². The number of para-hydroxylation sites is 3. The van der Waals surface area contributed by atoms with Crippen molar-refractivity contribution in [3.63, 3.8) is 0 Å². The van der Waals surface area contributed by atoms with Gasteiger partial charge in [-0.3, -0.25) is 0 Å². The fraction of sp³-hybridized carbons (Fsp3) is 0.100. The molecule has 0 saturated heterocycles. The van der Waals surface area contributed by atoms with Crippen LogP contribution in [0.4, 0.5) is 5.69 Å². The number of imidazole rings is 1. The molecule has 0 bridgehead atoms. The summed E-state index contributed by atoms with van der Waals surface area (Å²) in [5.41, 5.74) is 7.99. The van der Waals surface area contributed by atoms with Gasteiger partial charge in [0.1, 0.15) is 5.82 Å². The number of rotatable bonds is 3. The van der Waals surface area contributed by atoms with Gasteiger partial charge in [-0.2, -0.15) is 0 Å². The van der Waals surface area contributed by atoms with Crippen LogP contribution in [0.15, 0.2) is 103 Å². The van der Waals surface area contributed by atoms with Crippen LogP contribution in [0.1, 0.15) is 0 Å². The molecule has 0 amide bonds. The van der Waals surface area contributed by atoms with E-state index in [2.05, 4.69) is 130 Å². The Morgan fingerprint density at radius 1 is 0.657 bits per heavy atom. The molecule has 0 aliphatic carbocycles. The van der Waals surface area contributed by atoms with E-state index in [0.717, 1.165) is 34.8 Å². The van der Waals surface area contributed by atoms with Crippen LogP contribution in [0.3, 0.4) is 0 Å². The van der Waals surface area contributed by atoms with Crippen molar-refractivity contribution in [3.8, 4) is 17.1 Å². The van der Waals surface area contributed by atoms with E-state index in [4.69, 9.17) is 4.98 Å². The van der Waals surface area contributed by atoms with E-state index >= 15 is 0 Å². The molecule has 0 unspecified atom stereocenters. The molecule has 1 aliphatic rings. The molecule has 0 fully saturated rings. The number of aromatic nitrogens is 3. The highest BCUT2D eigenvalue weighted by Gasteiger charge is 2.17. The number of hydrogen-bond acceptors (Lipinski definition) is 3. The number of benzene rings is 4. The van der Waals surface area contributed by atoms with Gasteiger partial charge in [-0.25, -0.2) is 4.98 Å². The Hall–Kier alpha value is -4.51. The van der Waals surface area contributed by atoms with Crippen molar-refractivity contribution >= 4 is 38.5 Å². The maximum atomic E-state index is 4.95. The molecule has 0 atom stereocenters. The lowest BCUT2D eigenvalue weighted by atomic mass is 10.1. The molecule has 0 spiro atoms. The lowest BCUT2D eigenvalue weighted by molar-refractivity contribution is 0.496. The molecule has 6 aromatic rings. The van der Waals surface area contributed by atoms with Gasteiger partial charge in [-0.15, -0.1) is 0 Å². The molecule has 0 N–H and O–H groups in total. The smallest absolute Gasteiger partial charge is 0.140 e. The Morgan fingerprint density at radius 2 is 1.43 bits per heavy atom. The molecule has 2 aromatic heterocycles. The molecule has 0 saturated carbocycles. The quantitative estimate of drug-likeness (QED) is 0.304. The van der Waals surface area contributed by atoms with Crippen LogP contribution in [-0.4, -0.2) is 32.7 Å². The van der Waals surface area contributed by atoms with Gasteiger partial charge < -0.3 is 18.9 Å². The van der Waals surface area contributed by atoms with Crippen LogP contribution < -0.4 is 4.90 Å². The molecular weight excluding hydrogens is 430 g/mol. The maximum Gasteiger partial charge on any atom is 0.140 e. The molecule has 0 radical (unpaired) electrons. The fourth-order valence-electron chi connectivity index (χ4n) is 5.30. The zero-order valence-corrected chi connectivity index (χ0v) is 19.8. The second-order valence-corrected chi connectivity index (χ2v) is 9.25. The van der Waals surface area contributed by atoms with Crippen molar-refractivity contribution in [1.82, 2.24) is 19.0 Å². The van der Waals surface area contributed by atoms with Crippen molar-refractivity contribution in [2.24, 2.45) is 7.05 Å². The standard InChI is InChI=1S/C30H25N5/c1-32-16-17-34(20-32)22-8-7-9-23(19-22)35-27-12-5-3-10-24(27)25-15-14-21(18-29(25)35)30-31-26-11-4-6-13-28(26)33(30)2/h3-19H,20H2,1-2H3. The third kappa shape index (κ3) is 3.05. The molecule has 5 nitrogen and oxygen atoms in total. The van der Waals surface area contributed by atoms with Crippen molar-refractivity contribution in [2.75, 3.05) is 18.6 Å². The zero-order valence-electron chi connectivity index (χ0n) is 19.8. The van der Waals surface area contributed by atoms with Crippen LogP contribution in [-0.2, 0) is 7.05 Å². The SMILES string of the molecule is CN1C=CN(c2cccc(-n3c4ccccc4c4ccc(-c5nc6ccccc6n5C)cc43)c2)C1. The first kappa shape index (κ1) is 19.9. The van der Waals surface area contributed by atoms with E-state index < -0.39 is 0 Å². The molecular formula is C30H25N5. The van der Waals surface area contributed by atoms with E-state index in [1.165, 1.54) is 27.5 Å². The number of nitrogens with zero attached hydrogens (tertiary/aromatic N) is 5. The second kappa shape index (κ2) is 7.50. The summed E-state index contributed by atoms with van der Waals surface area (Å²) < 4.78 is 4.56. The minimum atomic E-state index is 0.855. The lowest BCUT2D eigenvalue weighted by Crippen LogP contribution is -2.21. The first-order valence-electron chi connectivity index (χ1n) is 11.9. The Balaban J connectivity index is 1.46. The van der Waals surface area contributed by atoms with Crippen LogP contribution in [0, 0.1) is 0 Å². The molecule has 3 heterocycles. The summed E-state index contributed by atoms with van der Waals surface area (Å²) in [4.78, 5) is 9.40. The molecule has 1 aliphatic heterocycles. The highest BCUT2D eigenvalue weighted by molar-refractivity contribution is 6.10. The van der Waals surface area contributed by atoms with Crippen molar-refractivity contribution in [3.05, 3.63) is 103 Å². The van der Waals surface area contributed by atoms with E-state index in [9.17, 15) is 0 Å². The number of anilines is 1. The largest absolute Gasteiger partial charge is 0.361 e. The van der Waals surface area contributed by atoms with Gasteiger partial charge in [0.15, 0.2) is 0 Å². The predicted octanol–water partition coefficient (Wildman–Crippen LogP) is 6.52. The summed E-state index contributed by atoms with van der Waals surface area (Å²) in [7, 11) is 4.18. The van der Waals surface area contributed by atoms with Gasteiger partial charge >= 0.3 is 0 Å². The highest BCUT2D eigenvalue weighted by Crippen LogP contribution is 2.36. The molecule has 5 heteroatoms. The van der Waals surface area contributed by atoms with Crippen LogP contribution in [0.25, 0.3) is 49.9 Å². The normalized spacial score (nSPS) is 13.7. The van der Waals surface area contributed by atoms with Gasteiger partial charge in [-0.05, 0) is 42.5 Å². The predicted molar refractivity (Wildman–Crippen MR) is 145 cm³/mol. The van der Waals surface area contributed by atoms with Crippen LogP contribution in [0.5, 0.6) is 0 Å². The minimum Gasteiger partial charge on any atom is -0.361 e. The average molecular weight is 456 g/mol. The van der Waals surface area contributed by atoms with Crippen LogP contribution >= 0.6 is 0 Å². The summed E-state index contributed by atoms with van der Waals surface area (Å²) in [5.74, 6) is 0.976. The molecule has 35 heavy (non-hydrogen) atoms. The van der Waals surface area contributed by atoms with Gasteiger partial charge in [0, 0.05) is 54.2 Å². The number of fused-ring (bicyclic) bond motifs is 4. The maximum absolute atomic E-state index is 4.95. The second-order valence-electron chi connectivity index (χ2n) is 9.25. The fourth-order valence-corrected chi connectivity index (χ4v) is 5.30. The van der Waals surface area contributed by atoms with E-state index in [0.29, 0.717) is 0 Å². The first-order valence-corrected chi connectivity index (χ1v) is 11.9. The summed E-state index contributed by atoms with van der Waals surface area (Å²) in [6, 6.07) is 32.5. The van der Waals surface area contributed by atoms with Gasteiger partial charge in [-0.1, -0.05) is 48.5 Å². The summed E-state index contributed by atoms with van der Waals surface area (Å²) >= 11 is 0. The van der Waals surface area contributed by atoms with E-state index in [1.807, 2.05) is 6.07 Å². The Bertz CT molecular complexity index is 1770. The van der Waals surface area contributed by atoms with Crippen molar-refractivity contribution in [1.29, 1.82) is 0 Å². The molecule has 4 aromatic carbocycles. The highest BCUT2D eigenvalue weighted by atomic mass is 15.3. The molecule has 170 valence electrons. The monoisotopic (exact) mass is 455 g/mol.